The smallest absolute Gasteiger partial charge is 0.344 e. The minimum atomic E-state index is -0.463. The number of carbonyl (C=O) groups excluding carboxylic acids is 2. The first kappa shape index (κ1) is 26.0. The van der Waals surface area contributed by atoms with E-state index in [0.717, 1.165) is 28.5 Å². The van der Waals surface area contributed by atoms with Crippen LogP contribution in [-0.4, -0.2) is 18.5 Å². The molecular weight excluding hydrogens is 464 g/mol. The van der Waals surface area contributed by atoms with Crippen molar-refractivity contribution in [1.29, 1.82) is 0 Å². The number of hydrogen-bond donors (Lipinski definition) is 0. The number of rotatable bonds is 12. The molecule has 0 amide bonds. The Morgan fingerprint density at radius 3 is 2.24 bits per heavy atom. The molecule has 5 heteroatoms. The van der Waals surface area contributed by atoms with Gasteiger partial charge in [-0.15, -0.1) is 0 Å². The van der Waals surface area contributed by atoms with Gasteiger partial charge in [0, 0.05) is 0 Å². The Hall–Kier alpha value is -4.12. The van der Waals surface area contributed by atoms with Gasteiger partial charge in [-0.25, -0.2) is 9.59 Å². The van der Waals surface area contributed by atoms with Crippen molar-refractivity contribution >= 4 is 22.7 Å². The third-order valence-corrected chi connectivity index (χ3v) is 6.10. The fourth-order valence-corrected chi connectivity index (χ4v) is 4.05. The molecule has 0 radical (unpaired) electrons. The van der Waals surface area contributed by atoms with Gasteiger partial charge in [0.05, 0.1) is 17.7 Å². The van der Waals surface area contributed by atoms with Crippen LogP contribution in [0.2, 0.25) is 0 Å². The van der Waals surface area contributed by atoms with Gasteiger partial charge in [-0.1, -0.05) is 75.1 Å². The molecule has 0 heterocycles. The molecule has 4 rings (SSSR count). The van der Waals surface area contributed by atoms with E-state index in [2.05, 4.69) is 6.92 Å². The molecule has 0 aliphatic heterocycles. The van der Waals surface area contributed by atoms with E-state index in [0.29, 0.717) is 23.5 Å². The summed E-state index contributed by atoms with van der Waals surface area (Å²) in [5, 5.41) is 1.71. The molecule has 190 valence electrons. The van der Waals surface area contributed by atoms with Crippen molar-refractivity contribution in [1.82, 2.24) is 0 Å². The Morgan fingerprint density at radius 1 is 0.703 bits per heavy atom. The monoisotopic (exact) mass is 496 g/mol. The largest absolute Gasteiger partial charge is 0.494 e. The second-order valence-corrected chi connectivity index (χ2v) is 8.93. The summed E-state index contributed by atoms with van der Waals surface area (Å²) < 4.78 is 16.9. The molecule has 37 heavy (non-hydrogen) atoms. The highest BCUT2D eigenvalue weighted by atomic mass is 16.5. The highest BCUT2D eigenvalue weighted by Crippen LogP contribution is 2.26. The van der Waals surface area contributed by atoms with Crippen molar-refractivity contribution in [3.63, 3.8) is 0 Å². The van der Waals surface area contributed by atoms with Gasteiger partial charge in [0.15, 0.2) is 0 Å². The Morgan fingerprint density at radius 2 is 1.46 bits per heavy atom. The quantitative estimate of drug-likeness (QED) is 0.114. The third-order valence-electron chi connectivity index (χ3n) is 6.10. The van der Waals surface area contributed by atoms with E-state index in [1.165, 1.54) is 25.7 Å². The van der Waals surface area contributed by atoms with Gasteiger partial charge < -0.3 is 14.2 Å². The molecule has 0 atom stereocenters. The molecule has 4 aromatic rings. The molecule has 0 saturated heterocycles. The van der Waals surface area contributed by atoms with Crippen LogP contribution in [0.15, 0.2) is 91.0 Å². The molecule has 5 nitrogen and oxygen atoms in total. The Bertz CT molecular complexity index is 1310. The van der Waals surface area contributed by atoms with Crippen LogP contribution in [0, 0.1) is 0 Å². The van der Waals surface area contributed by atoms with Crippen molar-refractivity contribution in [3.8, 4) is 11.5 Å². The van der Waals surface area contributed by atoms with Gasteiger partial charge in [0.2, 0.25) is 0 Å². The second kappa shape index (κ2) is 13.3. The lowest BCUT2D eigenvalue weighted by Crippen LogP contribution is -2.10. The van der Waals surface area contributed by atoms with Gasteiger partial charge in [-0.05, 0) is 71.3 Å². The number of benzene rings is 4. The molecule has 0 N–H and O–H groups in total. The zero-order valence-electron chi connectivity index (χ0n) is 21.2. The van der Waals surface area contributed by atoms with Crippen molar-refractivity contribution in [2.75, 3.05) is 6.61 Å². The van der Waals surface area contributed by atoms with E-state index in [4.69, 9.17) is 14.2 Å². The van der Waals surface area contributed by atoms with Crippen molar-refractivity contribution in [2.24, 2.45) is 0 Å². The summed E-state index contributed by atoms with van der Waals surface area (Å²) >= 11 is 0. The van der Waals surface area contributed by atoms with E-state index in [-0.39, 0.29) is 6.61 Å². The summed E-state index contributed by atoms with van der Waals surface area (Å²) in [4.78, 5) is 25.3. The maximum Gasteiger partial charge on any atom is 0.344 e. The van der Waals surface area contributed by atoms with Crippen LogP contribution < -0.4 is 9.47 Å². The molecule has 0 fully saturated rings. The summed E-state index contributed by atoms with van der Waals surface area (Å²) in [5.74, 6) is 0.247. The van der Waals surface area contributed by atoms with Crippen LogP contribution in [0.25, 0.3) is 10.8 Å². The Labute approximate surface area is 218 Å². The maximum atomic E-state index is 12.9. The molecule has 0 saturated carbocycles. The van der Waals surface area contributed by atoms with E-state index in [9.17, 15) is 9.59 Å². The molecule has 0 spiro atoms. The Balaban J connectivity index is 1.34. The molecule has 0 aromatic heterocycles. The zero-order valence-corrected chi connectivity index (χ0v) is 21.2. The van der Waals surface area contributed by atoms with Crippen LogP contribution in [0.3, 0.4) is 0 Å². The van der Waals surface area contributed by atoms with Crippen molar-refractivity contribution in [2.45, 2.75) is 45.6 Å². The number of ether oxygens (including phenoxy) is 3. The summed E-state index contributed by atoms with van der Waals surface area (Å²) in [5.41, 5.74) is 1.77. The second-order valence-electron chi connectivity index (χ2n) is 8.93. The van der Waals surface area contributed by atoms with E-state index in [1.54, 1.807) is 30.3 Å². The Kier molecular flexibility index (Phi) is 9.30. The predicted octanol–water partition coefficient (Wildman–Crippen LogP) is 7.77. The van der Waals surface area contributed by atoms with Crippen LogP contribution in [0.1, 0.15) is 65.3 Å². The topological polar surface area (TPSA) is 61.8 Å². The van der Waals surface area contributed by atoms with Gasteiger partial charge in [-0.2, -0.15) is 0 Å². The average Bonchev–Trinajstić information content (AvgIpc) is 2.94. The van der Waals surface area contributed by atoms with Gasteiger partial charge in [0.25, 0.3) is 0 Å². The number of esters is 2. The number of carbonyl (C=O) groups is 2. The number of unbranched alkanes of at least 4 members (excludes halogenated alkanes) is 4. The van der Waals surface area contributed by atoms with Crippen LogP contribution in [-0.2, 0) is 11.3 Å². The van der Waals surface area contributed by atoms with E-state index >= 15 is 0 Å². The van der Waals surface area contributed by atoms with Gasteiger partial charge in [0.1, 0.15) is 18.1 Å². The molecule has 0 bridgehead atoms. The van der Waals surface area contributed by atoms with Crippen LogP contribution in [0.4, 0.5) is 0 Å². The van der Waals surface area contributed by atoms with Crippen LogP contribution in [0.5, 0.6) is 11.5 Å². The number of fused-ring (bicyclic) bond motifs is 1. The molecule has 0 aliphatic rings. The lowest BCUT2D eigenvalue weighted by Gasteiger charge is -2.10. The lowest BCUT2D eigenvalue weighted by atomic mass is 10.0. The van der Waals surface area contributed by atoms with E-state index in [1.807, 2.05) is 60.7 Å². The summed E-state index contributed by atoms with van der Waals surface area (Å²) in [7, 11) is 0. The lowest BCUT2D eigenvalue weighted by molar-refractivity contribution is 0.0472. The predicted molar refractivity (Wildman–Crippen MR) is 145 cm³/mol. The van der Waals surface area contributed by atoms with Gasteiger partial charge >= 0.3 is 11.9 Å². The molecular formula is C32H32O5. The number of hydrogen-bond acceptors (Lipinski definition) is 5. The average molecular weight is 497 g/mol. The third kappa shape index (κ3) is 7.43. The maximum absolute atomic E-state index is 12.9. The molecule has 0 aliphatic carbocycles. The van der Waals surface area contributed by atoms with Crippen molar-refractivity contribution < 1.29 is 23.8 Å². The highest BCUT2D eigenvalue weighted by molar-refractivity contribution is 6.05. The van der Waals surface area contributed by atoms with Crippen LogP contribution >= 0.6 is 0 Å². The fourth-order valence-electron chi connectivity index (χ4n) is 4.05. The summed E-state index contributed by atoms with van der Waals surface area (Å²) in [6.07, 6.45) is 5.94. The zero-order chi connectivity index (χ0) is 25.9. The first-order chi connectivity index (χ1) is 18.1. The molecule has 0 unspecified atom stereocenters. The van der Waals surface area contributed by atoms with Gasteiger partial charge in [-0.3, -0.25) is 0 Å². The minimum Gasteiger partial charge on any atom is -0.494 e. The van der Waals surface area contributed by atoms with E-state index < -0.39 is 11.9 Å². The molecule has 4 aromatic carbocycles. The standard InChI is InChI=1S/C32H32O5/c1-2-3-4-5-9-21-35-28-19-20-29-26(22-28)13-10-14-30(29)32(34)37-27-17-15-25(16-18-27)31(33)36-23-24-11-7-6-8-12-24/h6-8,10-20,22H,2-5,9,21,23H2,1H3. The first-order valence-electron chi connectivity index (χ1n) is 12.8. The van der Waals surface area contributed by atoms with Crippen molar-refractivity contribution in [3.05, 3.63) is 108 Å². The SMILES string of the molecule is CCCCCCCOc1ccc2c(C(=O)Oc3ccc(C(=O)OCc4ccccc4)cc3)cccc2c1. The summed E-state index contributed by atoms with van der Waals surface area (Å²) in [6, 6.07) is 27.1. The highest BCUT2D eigenvalue weighted by Gasteiger charge is 2.14. The fraction of sp³-hybridized carbons (Fsp3) is 0.250. The summed E-state index contributed by atoms with van der Waals surface area (Å²) in [6.45, 7) is 3.09. The normalized spacial score (nSPS) is 10.7. The minimum absolute atomic E-state index is 0.198. The first-order valence-corrected chi connectivity index (χ1v) is 12.8.